The van der Waals surface area contributed by atoms with Crippen LogP contribution < -0.4 is 0 Å². The molecule has 0 aliphatic heterocycles. The molecule has 0 bridgehead atoms. The van der Waals surface area contributed by atoms with Gasteiger partial charge in [-0.15, -0.1) is 0 Å². The molecular formula is C43H86N4. The first-order chi connectivity index (χ1) is 23.4. The molecule has 0 aromatic carbocycles. The molecule has 1 aromatic rings. The Kier molecular flexibility index (Phi) is 35.6. The SMILES string of the molecule is CCCCCCCCCCCCCCCCCCCCN(CCCCCCCCCCCCCCCCCCCC)Cc1cn[nH]n1. The van der Waals surface area contributed by atoms with Crippen molar-refractivity contribution in [3.05, 3.63) is 11.9 Å². The van der Waals surface area contributed by atoms with Crippen molar-refractivity contribution < 1.29 is 0 Å². The van der Waals surface area contributed by atoms with Crippen LogP contribution in [0.2, 0.25) is 0 Å². The zero-order valence-electron chi connectivity index (χ0n) is 32.5. The molecule has 0 aliphatic rings. The van der Waals surface area contributed by atoms with Gasteiger partial charge in [0.25, 0.3) is 0 Å². The lowest BCUT2D eigenvalue weighted by molar-refractivity contribution is 0.249. The largest absolute Gasteiger partial charge is 0.297 e. The van der Waals surface area contributed by atoms with E-state index in [0.717, 1.165) is 12.2 Å². The minimum atomic E-state index is 0.953. The minimum absolute atomic E-state index is 0.953. The standard InChI is InChI=1S/C43H86N4/c1-3-5-7-9-11-13-15-17-19-21-23-25-27-29-31-33-35-37-39-47(42-43-41-44-46-45-43)40-38-36-34-32-30-28-26-24-22-20-18-16-14-12-10-8-6-4-2/h41H,3-40,42H2,1-2H3,(H,44,45,46). The highest BCUT2D eigenvalue weighted by molar-refractivity contribution is 4.90. The third kappa shape index (κ3) is 33.4. The maximum atomic E-state index is 4.34. The lowest BCUT2D eigenvalue weighted by Crippen LogP contribution is -2.26. The Labute approximate surface area is 296 Å². The van der Waals surface area contributed by atoms with Gasteiger partial charge in [0, 0.05) is 6.54 Å². The topological polar surface area (TPSA) is 44.8 Å². The molecule has 0 unspecified atom stereocenters. The summed E-state index contributed by atoms with van der Waals surface area (Å²) in [4.78, 5) is 2.64. The van der Waals surface area contributed by atoms with Crippen LogP contribution in [0.1, 0.15) is 251 Å². The average Bonchev–Trinajstić information content (AvgIpc) is 3.60. The Morgan fingerprint density at radius 3 is 0.872 bits per heavy atom. The van der Waals surface area contributed by atoms with Crippen LogP contribution in [-0.2, 0) is 6.54 Å². The first-order valence-electron chi connectivity index (χ1n) is 21.9. The maximum Gasteiger partial charge on any atom is 0.0964 e. The Bertz CT molecular complexity index is 635. The van der Waals surface area contributed by atoms with Crippen molar-refractivity contribution in [1.29, 1.82) is 0 Å². The third-order valence-electron chi connectivity index (χ3n) is 10.5. The third-order valence-corrected chi connectivity index (χ3v) is 10.5. The van der Waals surface area contributed by atoms with E-state index in [-0.39, 0.29) is 0 Å². The molecule has 1 aromatic heterocycles. The van der Waals surface area contributed by atoms with Gasteiger partial charge in [0.2, 0.25) is 0 Å². The Hall–Kier alpha value is -0.900. The molecule has 47 heavy (non-hydrogen) atoms. The molecular weight excluding hydrogens is 573 g/mol. The molecule has 0 aliphatic carbocycles. The number of aromatic nitrogens is 3. The van der Waals surface area contributed by atoms with E-state index in [1.165, 1.54) is 244 Å². The maximum absolute atomic E-state index is 4.34. The highest BCUT2D eigenvalue weighted by atomic mass is 15.3. The second-order valence-electron chi connectivity index (χ2n) is 15.3. The lowest BCUT2D eigenvalue weighted by Gasteiger charge is -2.21. The molecule has 278 valence electrons. The van der Waals surface area contributed by atoms with E-state index in [9.17, 15) is 0 Å². The van der Waals surface area contributed by atoms with Gasteiger partial charge in [0.1, 0.15) is 0 Å². The van der Waals surface area contributed by atoms with Crippen LogP contribution >= 0.6 is 0 Å². The number of unbranched alkanes of at least 4 members (excludes halogenated alkanes) is 34. The summed E-state index contributed by atoms with van der Waals surface area (Å²) < 4.78 is 0. The smallest absolute Gasteiger partial charge is 0.0964 e. The lowest BCUT2D eigenvalue weighted by atomic mass is 10.0. The first kappa shape index (κ1) is 44.1. The average molecular weight is 659 g/mol. The van der Waals surface area contributed by atoms with Gasteiger partial charge < -0.3 is 0 Å². The molecule has 0 fully saturated rings. The van der Waals surface area contributed by atoms with Crippen LogP contribution in [-0.4, -0.2) is 33.4 Å². The number of hydrogen-bond donors (Lipinski definition) is 1. The summed E-state index contributed by atoms with van der Waals surface area (Å²) in [7, 11) is 0. The molecule has 1 rings (SSSR count). The molecule has 1 heterocycles. The van der Waals surface area contributed by atoms with Crippen molar-refractivity contribution >= 4 is 0 Å². The van der Waals surface area contributed by atoms with Crippen LogP contribution in [0, 0.1) is 0 Å². The number of nitrogens with zero attached hydrogens (tertiary/aromatic N) is 3. The number of nitrogens with one attached hydrogen (secondary N) is 1. The van der Waals surface area contributed by atoms with Crippen molar-refractivity contribution in [3.8, 4) is 0 Å². The fourth-order valence-electron chi connectivity index (χ4n) is 7.27. The predicted octanol–water partition coefficient (Wildman–Crippen LogP) is 14.7. The van der Waals surface area contributed by atoms with Gasteiger partial charge >= 0.3 is 0 Å². The van der Waals surface area contributed by atoms with Gasteiger partial charge in [-0.2, -0.15) is 15.4 Å². The van der Waals surface area contributed by atoms with Crippen LogP contribution in [0.5, 0.6) is 0 Å². The summed E-state index contributed by atoms with van der Waals surface area (Å²) >= 11 is 0. The molecule has 1 N–H and O–H groups in total. The zero-order chi connectivity index (χ0) is 33.6. The highest BCUT2D eigenvalue weighted by Crippen LogP contribution is 2.17. The van der Waals surface area contributed by atoms with Gasteiger partial charge in [0.15, 0.2) is 0 Å². The Morgan fingerprint density at radius 1 is 0.383 bits per heavy atom. The van der Waals surface area contributed by atoms with E-state index in [4.69, 9.17) is 0 Å². The molecule has 0 spiro atoms. The summed E-state index contributed by atoms with van der Waals surface area (Å²) in [6.45, 7) is 7.99. The molecule has 0 saturated carbocycles. The van der Waals surface area contributed by atoms with E-state index in [0.29, 0.717) is 0 Å². The molecule has 0 radical (unpaired) electrons. The van der Waals surface area contributed by atoms with Crippen molar-refractivity contribution in [2.75, 3.05) is 13.1 Å². The van der Waals surface area contributed by atoms with E-state index in [2.05, 4.69) is 34.2 Å². The second kappa shape index (κ2) is 37.9. The van der Waals surface area contributed by atoms with E-state index < -0.39 is 0 Å². The summed E-state index contributed by atoms with van der Waals surface area (Å²) in [5.74, 6) is 0. The molecule has 0 amide bonds. The number of rotatable bonds is 40. The number of aromatic amines is 1. The number of H-pyrrole nitrogens is 1. The Balaban J connectivity index is 1.90. The van der Waals surface area contributed by atoms with Gasteiger partial charge in [-0.25, -0.2) is 0 Å². The van der Waals surface area contributed by atoms with Crippen molar-refractivity contribution in [2.45, 2.75) is 252 Å². The molecule has 0 atom stereocenters. The normalized spacial score (nSPS) is 11.7. The predicted molar refractivity (Wildman–Crippen MR) is 209 cm³/mol. The van der Waals surface area contributed by atoms with Crippen molar-refractivity contribution in [3.63, 3.8) is 0 Å². The van der Waals surface area contributed by atoms with Gasteiger partial charge in [-0.05, 0) is 25.9 Å². The summed E-state index contributed by atoms with van der Waals surface area (Å²) in [6.07, 6.45) is 53.8. The van der Waals surface area contributed by atoms with E-state index in [1.54, 1.807) is 0 Å². The summed E-state index contributed by atoms with van der Waals surface area (Å²) in [5.41, 5.74) is 1.09. The number of hydrogen-bond acceptors (Lipinski definition) is 3. The quantitative estimate of drug-likeness (QED) is 0.0714. The van der Waals surface area contributed by atoms with Crippen LogP contribution in [0.15, 0.2) is 6.20 Å². The molecule has 4 nitrogen and oxygen atoms in total. The van der Waals surface area contributed by atoms with E-state index in [1.807, 2.05) is 6.20 Å². The highest BCUT2D eigenvalue weighted by Gasteiger charge is 2.08. The fourth-order valence-corrected chi connectivity index (χ4v) is 7.27. The van der Waals surface area contributed by atoms with Gasteiger partial charge in [-0.3, -0.25) is 4.90 Å². The Morgan fingerprint density at radius 2 is 0.638 bits per heavy atom. The monoisotopic (exact) mass is 659 g/mol. The fraction of sp³-hybridized carbons (Fsp3) is 0.953. The van der Waals surface area contributed by atoms with Crippen molar-refractivity contribution in [2.24, 2.45) is 0 Å². The van der Waals surface area contributed by atoms with Crippen LogP contribution in [0.4, 0.5) is 0 Å². The van der Waals surface area contributed by atoms with Crippen LogP contribution in [0.25, 0.3) is 0 Å². The van der Waals surface area contributed by atoms with Gasteiger partial charge in [0.05, 0.1) is 11.9 Å². The zero-order valence-corrected chi connectivity index (χ0v) is 32.5. The molecule has 4 heteroatoms. The van der Waals surface area contributed by atoms with Gasteiger partial charge in [-0.1, -0.05) is 232 Å². The second-order valence-corrected chi connectivity index (χ2v) is 15.3. The minimum Gasteiger partial charge on any atom is -0.297 e. The summed E-state index contributed by atoms with van der Waals surface area (Å²) in [5, 5.41) is 11.2. The molecule has 0 saturated heterocycles. The van der Waals surface area contributed by atoms with E-state index >= 15 is 0 Å². The first-order valence-corrected chi connectivity index (χ1v) is 21.9. The van der Waals surface area contributed by atoms with Crippen LogP contribution in [0.3, 0.4) is 0 Å². The van der Waals surface area contributed by atoms with Crippen molar-refractivity contribution in [1.82, 2.24) is 20.3 Å². The summed E-state index contributed by atoms with van der Waals surface area (Å²) in [6, 6.07) is 0.